The Morgan fingerprint density at radius 2 is 2.38 bits per heavy atom. The summed E-state index contributed by atoms with van der Waals surface area (Å²) in [7, 11) is 1.67. The zero-order chi connectivity index (χ0) is 15.2. The van der Waals surface area contributed by atoms with E-state index >= 15 is 0 Å². The van der Waals surface area contributed by atoms with Gasteiger partial charge in [-0.3, -0.25) is 0 Å². The predicted octanol–water partition coefficient (Wildman–Crippen LogP) is 3.00. The van der Waals surface area contributed by atoms with Gasteiger partial charge >= 0.3 is 0 Å². The minimum Gasteiger partial charge on any atom is -0.497 e. The number of thiocarbonyl (C=S) groups is 1. The lowest BCUT2D eigenvalue weighted by Gasteiger charge is -2.52. The highest BCUT2D eigenvalue weighted by molar-refractivity contribution is 7.80. The van der Waals surface area contributed by atoms with Gasteiger partial charge in [0.05, 0.1) is 13.2 Å². The lowest BCUT2D eigenvalue weighted by molar-refractivity contribution is -0.0642. The number of methoxy groups -OCH3 is 1. The maximum atomic E-state index is 6.28. The summed E-state index contributed by atoms with van der Waals surface area (Å²) in [4.78, 5) is 2.08. The second kappa shape index (κ2) is 4.91. The van der Waals surface area contributed by atoms with Crippen molar-refractivity contribution in [3.63, 3.8) is 0 Å². The third kappa shape index (κ3) is 2.35. The van der Waals surface area contributed by atoms with Crippen LogP contribution in [0.1, 0.15) is 31.9 Å². The third-order valence-corrected chi connectivity index (χ3v) is 4.39. The molecule has 0 spiro atoms. The van der Waals surface area contributed by atoms with Crippen LogP contribution < -0.4 is 14.8 Å². The number of nitrogens with zero attached hydrogens (tertiary/aromatic N) is 1. The smallest absolute Gasteiger partial charge is 0.184 e. The van der Waals surface area contributed by atoms with Crippen molar-refractivity contribution < 1.29 is 9.47 Å². The van der Waals surface area contributed by atoms with Crippen molar-refractivity contribution in [3.05, 3.63) is 35.9 Å². The van der Waals surface area contributed by atoms with Gasteiger partial charge in [-0.15, -0.1) is 0 Å². The summed E-state index contributed by atoms with van der Waals surface area (Å²) in [5.74, 6) is 1.72. The molecule has 3 rings (SSSR count). The van der Waals surface area contributed by atoms with Gasteiger partial charge in [-0.25, -0.2) is 0 Å². The van der Waals surface area contributed by atoms with Gasteiger partial charge in [0.15, 0.2) is 10.8 Å². The van der Waals surface area contributed by atoms with Crippen molar-refractivity contribution in [2.24, 2.45) is 0 Å². The molecule has 4 nitrogen and oxygen atoms in total. The quantitative estimate of drug-likeness (QED) is 0.686. The number of fused-ring (bicyclic) bond motifs is 4. The molecule has 2 unspecified atom stereocenters. The van der Waals surface area contributed by atoms with Gasteiger partial charge < -0.3 is 19.7 Å². The normalized spacial score (nSPS) is 26.5. The summed E-state index contributed by atoms with van der Waals surface area (Å²) in [5.41, 5.74) is 1.72. The number of ether oxygens (including phenoxy) is 2. The third-order valence-electron chi connectivity index (χ3n) is 4.05. The zero-order valence-electron chi connectivity index (χ0n) is 12.6. The molecular formula is C16H20N2O2S. The van der Waals surface area contributed by atoms with E-state index in [1.807, 2.05) is 25.1 Å². The fraction of sp³-hybridized carbons (Fsp3) is 0.438. The van der Waals surface area contributed by atoms with E-state index < -0.39 is 5.72 Å². The molecular weight excluding hydrogens is 284 g/mol. The van der Waals surface area contributed by atoms with E-state index in [0.29, 0.717) is 11.7 Å². The molecule has 2 atom stereocenters. The van der Waals surface area contributed by atoms with Crippen molar-refractivity contribution in [1.29, 1.82) is 0 Å². The Morgan fingerprint density at radius 3 is 3.05 bits per heavy atom. The Bertz CT molecular complexity index is 616. The molecule has 1 N–H and O–H groups in total. The van der Waals surface area contributed by atoms with Crippen LogP contribution in [0.15, 0.2) is 30.4 Å². The first-order valence-electron chi connectivity index (χ1n) is 7.02. The fourth-order valence-corrected chi connectivity index (χ4v) is 3.43. The molecule has 2 bridgehead atoms. The predicted molar refractivity (Wildman–Crippen MR) is 86.6 cm³/mol. The van der Waals surface area contributed by atoms with Gasteiger partial charge in [-0.2, -0.15) is 0 Å². The van der Waals surface area contributed by atoms with Crippen LogP contribution in [-0.4, -0.2) is 29.4 Å². The zero-order valence-corrected chi connectivity index (χ0v) is 13.4. The van der Waals surface area contributed by atoms with E-state index in [4.69, 9.17) is 21.7 Å². The molecule has 0 radical (unpaired) electrons. The number of nitrogens with one attached hydrogen (secondary N) is 1. The Morgan fingerprint density at radius 1 is 1.62 bits per heavy atom. The number of benzene rings is 1. The first kappa shape index (κ1) is 14.2. The van der Waals surface area contributed by atoms with Crippen molar-refractivity contribution in [3.8, 4) is 11.5 Å². The van der Waals surface area contributed by atoms with E-state index in [1.165, 1.54) is 0 Å². The average molecular weight is 304 g/mol. The van der Waals surface area contributed by atoms with Crippen LogP contribution in [0.5, 0.6) is 11.5 Å². The number of hydrogen-bond acceptors (Lipinski definition) is 3. The lowest BCUT2D eigenvalue weighted by Crippen LogP contribution is -2.64. The summed E-state index contributed by atoms with van der Waals surface area (Å²) in [6.07, 6.45) is 0.834. The minimum atomic E-state index is -0.437. The molecule has 1 aromatic rings. The van der Waals surface area contributed by atoms with Gasteiger partial charge in [0.2, 0.25) is 0 Å². The molecule has 112 valence electrons. The molecule has 2 aliphatic heterocycles. The molecule has 5 heteroatoms. The van der Waals surface area contributed by atoms with Crippen LogP contribution in [0.4, 0.5) is 0 Å². The summed E-state index contributed by atoms with van der Waals surface area (Å²) < 4.78 is 11.6. The monoisotopic (exact) mass is 304 g/mol. The van der Waals surface area contributed by atoms with Crippen LogP contribution in [-0.2, 0) is 0 Å². The second-order valence-electron chi connectivity index (χ2n) is 5.93. The molecule has 1 saturated heterocycles. The van der Waals surface area contributed by atoms with E-state index in [0.717, 1.165) is 29.1 Å². The fourth-order valence-electron chi connectivity index (χ4n) is 3.03. The van der Waals surface area contributed by atoms with E-state index in [2.05, 4.69) is 23.7 Å². The SMILES string of the molecule is C=C(C)CN1C(=S)NC2CC1(C)Oc1ccc(OC)cc12. The number of hydrogen-bond donors (Lipinski definition) is 1. The van der Waals surface area contributed by atoms with Crippen molar-refractivity contribution in [1.82, 2.24) is 10.2 Å². The highest BCUT2D eigenvalue weighted by Crippen LogP contribution is 2.45. The van der Waals surface area contributed by atoms with Crippen LogP contribution in [0.3, 0.4) is 0 Å². The minimum absolute atomic E-state index is 0.155. The molecule has 2 heterocycles. The molecule has 0 amide bonds. The Balaban J connectivity index is 2.00. The molecule has 0 aliphatic carbocycles. The van der Waals surface area contributed by atoms with Crippen LogP contribution >= 0.6 is 12.2 Å². The van der Waals surface area contributed by atoms with Gasteiger partial charge in [-0.1, -0.05) is 12.2 Å². The van der Waals surface area contributed by atoms with E-state index in [1.54, 1.807) is 7.11 Å². The van der Waals surface area contributed by atoms with Crippen molar-refractivity contribution >= 4 is 17.3 Å². The lowest BCUT2D eigenvalue weighted by atomic mass is 9.90. The van der Waals surface area contributed by atoms with Crippen molar-refractivity contribution in [2.75, 3.05) is 13.7 Å². The first-order valence-corrected chi connectivity index (χ1v) is 7.43. The van der Waals surface area contributed by atoms with Crippen LogP contribution in [0, 0.1) is 0 Å². The Hall–Kier alpha value is -1.75. The average Bonchev–Trinajstić information content (AvgIpc) is 2.42. The highest BCUT2D eigenvalue weighted by Gasteiger charge is 2.47. The summed E-state index contributed by atoms with van der Waals surface area (Å²) in [6.45, 7) is 8.77. The summed E-state index contributed by atoms with van der Waals surface area (Å²) in [5, 5.41) is 4.13. The Labute approximate surface area is 130 Å². The summed E-state index contributed by atoms with van der Waals surface area (Å²) >= 11 is 5.52. The molecule has 2 aliphatic rings. The topological polar surface area (TPSA) is 33.7 Å². The van der Waals surface area contributed by atoms with E-state index in [-0.39, 0.29) is 6.04 Å². The van der Waals surface area contributed by atoms with Crippen LogP contribution in [0.25, 0.3) is 0 Å². The standard InChI is InChI=1S/C16H20N2O2S/c1-10(2)9-18-15(21)17-13-8-16(18,3)20-14-6-5-11(19-4)7-12(13)14/h5-7,13H,1,8-9H2,2-4H3,(H,17,21). The van der Waals surface area contributed by atoms with Gasteiger partial charge in [0.1, 0.15) is 11.5 Å². The Kier molecular flexibility index (Phi) is 3.32. The van der Waals surface area contributed by atoms with Gasteiger partial charge in [0, 0.05) is 18.5 Å². The maximum absolute atomic E-state index is 6.28. The molecule has 21 heavy (non-hydrogen) atoms. The number of rotatable bonds is 3. The summed E-state index contributed by atoms with van der Waals surface area (Å²) in [6, 6.07) is 6.06. The molecule has 1 fully saturated rings. The van der Waals surface area contributed by atoms with Crippen LogP contribution in [0.2, 0.25) is 0 Å². The van der Waals surface area contributed by atoms with Gasteiger partial charge in [-0.05, 0) is 44.3 Å². The highest BCUT2D eigenvalue weighted by atomic mass is 32.1. The molecule has 0 saturated carbocycles. The largest absolute Gasteiger partial charge is 0.497 e. The molecule has 1 aromatic carbocycles. The van der Waals surface area contributed by atoms with Gasteiger partial charge in [0.25, 0.3) is 0 Å². The maximum Gasteiger partial charge on any atom is 0.184 e. The van der Waals surface area contributed by atoms with Crippen molar-refractivity contribution in [2.45, 2.75) is 32.0 Å². The molecule has 0 aromatic heterocycles. The first-order chi connectivity index (χ1) is 9.93. The second-order valence-corrected chi connectivity index (χ2v) is 6.32. The van der Waals surface area contributed by atoms with E-state index in [9.17, 15) is 0 Å².